The Hall–Kier alpha value is -1.29. The summed E-state index contributed by atoms with van der Waals surface area (Å²) in [7, 11) is -5.30. The third-order valence-electron chi connectivity index (χ3n) is 8.37. The first-order valence-corrected chi connectivity index (χ1v) is 22.2. The third-order valence-corrected chi connectivity index (χ3v) is 51.2. The van der Waals surface area contributed by atoms with Crippen molar-refractivity contribution in [2.75, 3.05) is 0 Å². The lowest BCUT2D eigenvalue weighted by Gasteiger charge is -2.54. The second kappa shape index (κ2) is 6.60. The average molecular weight is 519 g/mol. The molecule has 4 rings (SSSR count). The van der Waals surface area contributed by atoms with Crippen LogP contribution in [0.2, 0.25) is 39.3 Å². The minimum Gasteiger partial charge on any atom is -0.366 e. The number of carbonyl (C=O) groups excluding carboxylic acids is 1. The van der Waals surface area contributed by atoms with Crippen molar-refractivity contribution in [1.82, 2.24) is 0 Å². The van der Waals surface area contributed by atoms with Crippen molar-refractivity contribution in [2.45, 2.75) is 52.6 Å². The van der Waals surface area contributed by atoms with Crippen LogP contribution in [0.1, 0.15) is 28.4 Å². The first-order chi connectivity index (χ1) is 13.7. The summed E-state index contributed by atoms with van der Waals surface area (Å²) in [6.07, 6.45) is 2.70. The number of carbonyl (C=O) groups is 1. The molecule has 7 heteroatoms. The lowest BCUT2D eigenvalue weighted by molar-refractivity contribution is 0.100. The van der Waals surface area contributed by atoms with Gasteiger partial charge < -0.3 is 5.73 Å². The highest BCUT2D eigenvalue weighted by Gasteiger charge is 2.59. The predicted octanol–water partition coefficient (Wildman–Crippen LogP) is 5.02. The second-order valence-corrected chi connectivity index (χ2v) is 38.5. The van der Waals surface area contributed by atoms with Gasteiger partial charge in [0.2, 0.25) is 5.91 Å². The van der Waals surface area contributed by atoms with Crippen LogP contribution in [-0.2, 0) is 6.42 Å². The van der Waals surface area contributed by atoms with Gasteiger partial charge in [0.05, 0.1) is 15.2 Å². The highest BCUT2D eigenvalue weighted by molar-refractivity contribution is 9.10. The van der Waals surface area contributed by atoms with E-state index in [-0.39, 0.29) is 5.82 Å². The number of primary amides is 1. The topological polar surface area (TPSA) is 43.1 Å². The van der Waals surface area contributed by atoms with Crippen LogP contribution in [0.15, 0.2) is 28.2 Å². The van der Waals surface area contributed by atoms with Gasteiger partial charge in [-0.15, -0.1) is 0 Å². The van der Waals surface area contributed by atoms with Crippen molar-refractivity contribution in [2.24, 2.45) is 5.73 Å². The van der Waals surface area contributed by atoms with Gasteiger partial charge in [-0.3, -0.25) is 4.79 Å². The molecule has 1 aliphatic heterocycles. The van der Waals surface area contributed by atoms with E-state index in [0.29, 0.717) is 12.0 Å². The molecule has 158 valence electrons. The van der Waals surface area contributed by atoms with Crippen LogP contribution in [0.3, 0.4) is 0 Å². The fourth-order valence-electron chi connectivity index (χ4n) is 5.38. The van der Waals surface area contributed by atoms with Crippen molar-refractivity contribution in [1.29, 1.82) is 0 Å². The van der Waals surface area contributed by atoms with Gasteiger partial charge in [-0.05, 0) is 58.1 Å². The largest absolute Gasteiger partial charge is 0.366 e. The molecule has 2 aromatic rings. The molecule has 0 spiro atoms. The van der Waals surface area contributed by atoms with Gasteiger partial charge in [0.15, 0.2) is 0 Å². The zero-order chi connectivity index (χ0) is 22.4. The smallest absolute Gasteiger partial charge is 0.249 e. The van der Waals surface area contributed by atoms with E-state index in [9.17, 15) is 9.18 Å². The van der Waals surface area contributed by atoms with Crippen LogP contribution < -0.4 is 16.1 Å². The van der Waals surface area contributed by atoms with Gasteiger partial charge in [0.1, 0.15) is 5.82 Å². The summed E-state index contributed by atoms with van der Waals surface area (Å²) in [6.45, 7) is 17.0. The van der Waals surface area contributed by atoms with E-state index in [2.05, 4.69) is 67.4 Å². The Morgan fingerprint density at radius 1 is 1.10 bits per heavy atom. The van der Waals surface area contributed by atoms with E-state index in [1.54, 1.807) is 6.07 Å². The van der Waals surface area contributed by atoms with Crippen molar-refractivity contribution in [3.63, 3.8) is 0 Å². The molecule has 2 aliphatic rings. The number of benzene rings is 2. The molecule has 0 saturated heterocycles. The first-order valence-electron chi connectivity index (χ1n) is 10.4. The Bertz CT molecular complexity index is 1170. The van der Waals surface area contributed by atoms with Crippen LogP contribution in [0, 0.1) is 5.82 Å². The third kappa shape index (κ3) is 2.64. The van der Waals surface area contributed by atoms with Crippen LogP contribution >= 0.6 is 15.9 Å². The first kappa shape index (κ1) is 21.9. The molecule has 0 radical (unpaired) electrons. The molecule has 0 saturated carbocycles. The average Bonchev–Trinajstić information content (AvgIpc) is 3.02. The molecule has 0 unspecified atom stereocenters. The SMILES string of the molecule is CC1=Cc2c(-c3c(C(N)=O)cc4c(Br)c3[Si](C)(C)[Si](C)(C)[Si]4(C)C)ccc(F)c2C1. The minimum atomic E-state index is -1.92. The number of allylic oxidation sites excluding steroid dienone is 1. The molecular formula is C23H29BrFNOSi3. The quantitative estimate of drug-likeness (QED) is 0.558. The Balaban J connectivity index is 2.21. The van der Waals surface area contributed by atoms with E-state index in [1.165, 1.54) is 14.8 Å². The zero-order valence-electron chi connectivity index (χ0n) is 18.8. The normalized spacial score (nSPS) is 20.0. The van der Waals surface area contributed by atoms with Gasteiger partial charge in [-0.25, -0.2) is 4.39 Å². The van der Waals surface area contributed by atoms with Crippen molar-refractivity contribution < 1.29 is 9.18 Å². The van der Waals surface area contributed by atoms with Gasteiger partial charge in [0.25, 0.3) is 0 Å². The molecule has 0 fully saturated rings. The second-order valence-electron chi connectivity index (χ2n) is 10.4. The summed E-state index contributed by atoms with van der Waals surface area (Å²) in [5, 5.41) is 2.63. The molecule has 1 aliphatic carbocycles. The maximum absolute atomic E-state index is 14.6. The Labute approximate surface area is 189 Å². The maximum atomic E-state index is 14.6. The molecule has 30 heavy (non-hydrogen) atoms. The van der Waals surface area contributed by atoms with E-state index < -0.39 is 28.2 Å². The Morgan fingerprint density at radius 2 is 1.73 bits per heavy atom. The standard InChI is InChI=1S/C23H29BrFNOSi3/c1-13-10-15-14(8-9-18(25)16(15)11-13)20-17(23(26)27)12-19-21(24)22(20)29(4,5)30(6,7)28(19,2)3/h8-10,12H,11H2,1-7H3,(H2,26,27). The number of nitrogens with two attached hydrogens (primary N) is 1. The fraction of sp³-hybridized carbons (Fsp3) is 0.348. The molecule has 2 aromatic carbocycles. The van der Waals surface area contributed by atoms with Crippen LogP contribution in [0.25, 0.3) is 17.2 Å². The highest BCUT2D eigenvalue weighted by Crippen LogP contribution is 2.43. The van der Waals surface area contributed by atoms with Gasteiger partial charge in [-0.2, -0.15) is 0 Å². The van der Waals surface area contributed by atoms with E-state index >= 15 is 0 Å². The molecule has 1 amide bonds. The summed E-state index contributed by atoms with van der Waals surface area (Å²) in [5.74, 6) is -0.570. The number of rotatable bonds is 2. The van der Waals surface area contributed by atoms with Crippen LogP contribution in [-0.4, -0.2) is 28.2 Å². The summed E-state index contributed by atoms with van der Waals surface area (Å²) in [6, 6.07) is 5.47. The molecule has 2 N–H and O–H groups in total. The summed E-state index contributed by atoms with van der Waals surface area (Å²) in [4.78, 5) is 12.7. The minimum absolute atomic E-state index is 0.174. The van der Waals surface area contributed by atoms with Gasteiger partial charge >= 0.3 is 0 Å². The van der Waals surface area contributed by atoms with Crippen molar-refractivity contribution in [3.05, 3.63) is 50.8 Å². The maximum Gasteiger partial charge on any atom is 0.249 e. The van der Waals surface area contributed by atoms with Crippen LogP contribution in [0.4, 0.5) is 4.39 Å². The molecule has 1 heterocycles. The van der Waals surface area contributed by atoms with Gasteiger partial charge in [0, 0.05) is 17.1 Å². The van der Waals surface area contributed by atoms with E-state index in [4.69, 9.17) is 5.73 Å². The molecular weight excluding hydrogens is 489 g/mol. The molecule has 0 atom stereocenters. The zero-order valence-corrected chi connectivity index (χ0v) is 23.3. The Kier molecular flexibility index (Phi) is 4.83. The molecule has 0 aromatic heterocycles. The number of amides is 1. The Morgan fingerprint density at radius 3 is 2.33 bits per heavy atom. The summed E-state index contributed by atoms with van der Waals surface area (Å²) < 4.78 is 15.8. The van der Waals surface area contributed by atoms with E-state index in [1.807, 2.05) is 13.0 Å². The van der Waals surface area contributed by atoms with E-state index in [0.717, 1.165) is 27.8 Å². The van der Waals surface area contributed by atoms with Crippen molar-refractivity contribution >= 4 is 60.6 Å². The van der Waals surface area contributed by atoms with Crippen molar-refractivity contribution in [3.8, 4) is 11.1 Å². The number of halogens is 2. The summed E-state index contributed by atoms with van der Waals surface area (Å²) in [5.41, 5.74) is 11.2. The molecule has 2 nitrogen and oxygen atoms in total. The lowest BCUT2D eigenvalue weighted by Crippen LogP contribution is -2.82. The fourth-order valence-corrected chi connectivity index (χ4v) is 41.8. The number of hydrogen-bond acceptors (Lipinski definition) is 1. The summed E-state index contributed by atoms with van der Waals surface area (Å²) >= 11 is 3.98. The van der Waals surface area contributed by atoms with Gasteiger partial charge in [-0.1, -0.05) is 72.9 Å². The highest BCUT2D eigenvalue weighted by atomic mass is 79.9. The molecule has 2 bridgehead atoms. The number of fused-ring (bicyclic) bond motifs is 3. The monoisotopic (exact) mass is 517 g/mol. The number of hydrogen-bond donors (Lipinski definition) is 1. The van der Waals surface area contributed by atoms with Crippen LogP contribution in [0.5, 0.6) is 0 Å². The predicted molar refractivity (Wildman–Crippen MR) is 137 cm³/mol. The lowest BCUT2D eigenvalue weighted by atomic mass is 9.93.